The molecule has 0 saturated carbocycles. The predicted molar refractivity (Wildman–Crippen MR) is 76.6 cm³/mol. The number of aliphatic hydroxyl groups is 1. The molecule has 0 saturated heterocycles. The Morgan fingerprint density at radius 1 is 1.53 bits per heavy atom. The first kappa shape index (κ1) is 12.7. The van der Waals surface area contributed by atoms with Gasteiger partial charge < -0.3 is 16.2 Å². The smallest absolute Gasteiger partial charge is 0.157 e. The Morgan fingerprint density at radius 3 is 3.16 bits per heavy atom. The van der Waals surface area contributed by atoms with E-state index in [9.17, 15) is 5.11 Å². The minimum absolute atomic E-state index is 0.103. The number of aromatic nitrogens is 2. The highest BCUT2D eigenvalue weighted by Gasteiger charge is 2.32. The Hall–Kier alpha value is -1.37. The molecule has 1 aliphatic rings. The van der Waals surface area contributed by atoms with Gasteiger partial charge in [0.15, 0.2) is 11.0 Å². The summed E-state index contributed by atoms with van der Waals surface area (Å²) in [5.41, 5.74) is 7.42. The summed E-state index contributed by atoms with van der Waals surface area (Å²) in [6.07, 6.45) is 2.22. The van der Waals surface area contributed by atoms with E-state index in [1.54, 1.807) is 11.3 Å². The maximum atomic E-state index is 9.42. The minimum Gasteiger partial charge on any atom is -0.396 e. The summed E-state index contributed by atoms with van der Waals surface area (Å²) in [6, 6.07) is 2.18. The molecule has 2 heterocycles. The second kappa shape index (κ2) is 4.96. The van der Waals surface area contributed by atoms with Crippen molar-refractivity contribution in [3.05, 3.63) is 33.4 Å². The van der Waals surface area contributed by atoms with Gasteiger partial charge in [-0.05, 0) is 23.4 Å². The van der Waals surface area contributed by atoms with Crippen LogP contribution in [0, 0.1) is 0 Å². The molecule has 0 spiro atoms. The molecule has 4 N–H and O–H groups in total. The fourth-order valence-electron chi connectivity index (χ4n) is 2.42. The van der Waals surface area contributed by atoms with Crippen LogP contribution < -0.4 is 11.1 Å². The molecule has 1 unspecified atom stereocenters. The molecule has 2 aromatic heterocycles. The van der Waals surface area contributed by atoms with Gasteiger partial charge in [-0.1, -0.05) is 11.6 Å². The predicted octanol–water partition coefficient (Wildman–Crippen LogP) is 2.41. The number of hydrogen-bond acceptors (Lipinski definition) is 6. The summed E-state index contributed by atoms with van der Waals surface area (Å²) < 4.78 is 0. The van der Waals surface area contributed by atoms with Gasteiger partial charge in [0.05, 0.1) is 12.6 Å². The monoisotopic (exact) mass is 296 g/mol. The van der Waals surface area contributed by atoms with E-state index in [-0.39, 0.29) is 23.7 Å². The number of rotatable bonds is 3. The van der Waals surface area contributed by atoms with Crippen molar-refractivity contribution in [3.8, 4) is 0 Å². The Morgan fingerprint density at radius 2 is 2.37 bits per heavy atom. The van der Waals surface area contributed by atoms with Gasteiger partial charge in [0, 0.05) is 10.8 Å². The molecule has 0 amide bonds. The fraction of sp³-hybridized carbons (Fsp3) is 0.333. The largest absolute Gasteiger partial charge is 0.396 e. The molecule has 7 heteroatoms. The Bertz CT molecular complexity index is 603. The lowest BCUT2D eigenvalue weighted by Crippen LogP contribution is -2.11. The lowest BCUT2D eigenvalue weighted by molar-refractivity contribution is 0.264. The third kappa shape index (κ3) is 2.16. The van der Waals surface area contributed by atoms with Crippen molar-refractivity contribution in [2.45, 2.75) is 18.4 Å². The summed E-state index contributed by atoms with van der Waals surface area (Å²) in [7, 11) is 0. The molecule has 0 aromatic carbocycles. The van der Waals surface area contributed by atoms with Crippen LogP contribution >= 0.6 is 22.9 Å². The van der Waals surface area contributed by atoms with Crippen molar-refractivity contribution >= 4 is 34.4 Å². The number of nitrogens with zero attached hydrogens (tertiary/aromatic N) is 2. The Labute approximate surface area is 119 Å². The maximum Gasteiger partial charge on any atom is 0.157 e. The van der Waals surface area contributed by atoms with Gasteiger partial charge in [0.1, 0.15) is 12.0 Å². The number of nitrogens with one attached hydrogen (secondary N) is 1. The molecular weight excluding hydrogens is 284 g/mol. The number of anilines is 2. The number of hydrogen-bond donors (Lipinski definition) is 3. The second-order valence-corrected chi connectivity index (χ2v) is 5.78. The van der Waals surface area contributed by atoms with E-state index < -0.39 is 0 Å². The zero-order chi connectivity index (χ0) is 13.4. The van der Waals surface area contributed by atoms with Gasteiger partial charge in [0.25, 0.3) is 0 Å². The number of nitrogen functional groups attached to an aromatic ring is 1. The fourth-order valence-corrected chi connectivity index (χ4v) is 3.62. The third-order valence-corrected chi connectivity index (χ3v) is 4.76. The van der Waals surface area contributed by atoms with Gasteiger partial charge in [-0.25, -0.2) is 9.97 Å². The number of halogens is 1. The van der Waals surface area contributed by atoms with E-state index in [1.165, 1.54) is 16.8 Å². The zero-order valence-electron chi connectivity index (χ0n) is 10.0. The van der Waals surface area contributed by atoms with Gasteiger partial charge >= 0.3 is 0 Å². The van der Waals surface area contributed by atoms with Crippen LogP contribution in [0.2, 0.25) is 5.15 Å². The number of nitrogens with two attached hydrogens (primary N) is 1. The number of fused-ring (bicyclic) bond motifs is 1. The summed E-state index contributed by atoms with van der Waals surface area (Å²) in [5, 5.41) is 15.0. The first-order chi connectivity index (χ1) is 9.20. The average molecular weight is 297 g/mol. The van der Waals surface area contributed by atoms with E-state index in [0.717, 1.165) is 6.42 Å². The van der Waals surface area contributed by atoms with Crippen LogP contribution in [0.15, 0.2) is 17.8 Å². The van der Waals surface area contributed by atoms with Gasteiger partial charge in [-0.2, -0.15) is 0 Å². The Balaban J connectivity index is 1.88. The zero-order valence-corrected chi connectivity index (χ0v) is 11.6. The van der Waals surface area contributed by atoms with Crippen LogP contribution in [0.25, 0.3) is 0 Å². The first-order valence-electron chi connectivity index (χ1n) is 5.91. The van der Waals surface area contributed by atoms with Crippen LogP contribution in [0.4, 0.5) is 11.5 Å². The van der Waals surface area contributed by atoms with Crippen molar-refractivity contribution in [2.24, 2.45) is 0 Å². The van der Waals surface area contributed by atoms with E-state index in [2.05, 4.69) is 21.4 Å². The minimum atomic E-state index is 0.103. The normalized spacial score (nSPS) is 21.4. The van der Waals surface area contributed by atoms with E-state index >= 15 is 0 Å². The SMILES string of the molecule is Nc1c(Cl)ncnc1NC1C[C@H](CO)c2sccc21. The highest BCUT2D eigenvalue weighted by molar-refractivity contribution is 7.10. The highest BCUT2D eigenvalue weighted by Crippen LogP contribution is 2.45. The molecule has 0 fully saturated rings. The molecule has 0 radical (unpaired) electrons. The molecule has 3 rings (SSSR count). The lowest BCUT2D eigenvalue weighted by atomic mass is 10.1. The molecule has 5 nitrogen and oxygen atoms in total. The summed E-state index contributed by atoms with van der Waals surface area (Å²) in [6.45, 7) is 0.158. The average Bonchev–Trinajstić information content (AvgIpc) is 2.98. The van der Waals surface area contributed by atoms with Crippen molar-refractivity contribution < 1.29 is 5.11 Å². The maximum absolute atomic E-state index is 9.42. The van der Waals surface area contributed by atoms with Gasteiger partial charge in [-0.3, -0.25) is 0 Å². The van der Waals surface area contributed by atoms with Crippen LogP contribution in [0.3, 0.4) is 0 Å². The first-order valence-corrected chi connectivity index (χ1v) is 7.17. The quantitative estimate of drug-likeness (QED) is 0.758. The molecule has 0 aliphatic heterocycles. The Kier molecular flexibility index (Phi) is 3.30. The van der Waals surface area contributed by atoms with Gasteiger partial charge in [-0.15, -0.1) is 11.3 Å². The molecule has 19 heavy (non-hydrogen) atoms. The lowest BCUT2D eigenvalue weighted by Gasteiger charge is -2.16. The van der Waals surface area contributed by atoms with E-state index in [4.69, 9.17) is 17.3 Å². The second-order valence-electron chi connectivity index (χ2n) is 4.48. The third-order valence-electron chi connectivity index (χ3n) is 3.36. The van der Waals surface area contributed by atoms with Crippen LogP contribution in [0.5, 0.6) is 0 Å². The molecule has 100 valence electrons. The molecule has 1 aliphatic carbocycles. The van der Waals surface area contributed by atoms with Crippen molar-refractivity contribution in [1.29, 1.82) is 0 Å². The summed E-state index contributed by atoms with van der Waals surface area (Å²) in [5.74, 6) is 0.728. The van der Waals surface area contributed by atoms with Crippen LogP contribution in [0.1, 0.15) is 28.8 Å². The van der Waals surface area contributed by atoms with Crippen molar-refractivity contribution in [2.75, 3.05) is 17.7 Å². The molecule has 0 bridgehead atoms. The summed E-state index contributed by atoms with van der Waals surface area (Å²) in [4.78, 5) is 9.19. The van der Waals surface area contributed by atoms with E-state index in [0.29, 0.717) is 11.5 Å². The van der Waals surface area contributed by atoms with Crippen molar-refractivity contribution in [1.82, 2.24) is 9.97 Å². The van der Waals surface area contributed by atoms with Crippen molar-refractivity contribution in [3.63, 3.8) is 0 Å². The van der Waals surface area contributed by atoms with Crippen LogP contribution in [-0.2, 0) is 0 Å². The standard InChI is InChI=1S/C12H13ClN4OS/c13-11-9(14)12(16-5-15-11)17-8-3-6(4-18)10-7(8)1-2-19-10/h1-2,5-6,8,18H,3-4,14H2,(H,15,16,17)/t6-,8?/m1/s1. The number of thiophene rings is 1. The topological polar surface area (TPSA) is 84.1 Å². The van der Waals surface area contributed by atoms with E-state index in [1.807, 2.05) is 5.38 Å². The molecule has 2 atom stereocenters. The van der Waals surface area contributed by atoms with Gasteiger partial charge in [0.2, 0.25) is 0 Å². The molecule has 2 aromatic rings. The molecular formula is C12H13ClN4OS. The van der Waals surface area contributed by atoms with Crippen LogP contribution in [-0.4, -0.2) is 21.7 Å². The highest BCUT2D eigenvalue weighted by atomic mass is 35.5. The number of aliphatic hydroxyl groups excluding tert-OH is 1. The summed E-state index contributed by atoms with van der Waals surface area (Å²) >= 11 is 7.56.